The molecule has 1 unspecified atom stereocenters. The van der Waals surface area contributed by atoms with E-state index in [4.69, 9.17) is 0 Å². The Balaban J connectivity index is 2.45. The third-order valence-corrected chi connectivity index (χ3v) is 2.42. The zero-order valence-corrected chi connectivity index (χ0v) is 8.78. The third-order valence-electron chi connectivity index (χ3n) is 2.42. The molecule has 0 saturated heterocycles. The highest BCUT2D eigenvalue weighted by Gasteiger charge is 2.34. The van der Waals surface area contributed by atoms with E-state index in [9.17, 15) is 5.11 Å². The van der Waals surface area contributed by atoms with E-state index in [2.05, 4.69) is 26.1 Å². The number of benzene rings is 1. The van der Waals surface area contributed by atoms with Gasteiger partial charge < -0.3 is 15.3 Å². The summed E-state index contributed by atoms with van der Waals surface area (Å²) in [6.45, 7) is 6.25. The molecule has 0 fully saturated rings. The number of hydrogen-bond acceptors (Lipinski definition) is 3. The van der Waals surface area contributed by atoms with E-state index in [1.54, 1.807) is 0 Å². The summed E-state index contributed by atoms with van der Waals surface area (Å²) in [7, 11) is 0. The van der Waals surface area contributed by atoms with Crippen molar-refractivity contribution in [2.45, 2.75) is 32.7 Å². The van der Waals surface area contributed by atoms with Gasteiger partial charge in [-0.2, -0.15) is 0 Å². The van der Waals surface area contributed by atoms with E-state index in [1.807, 2.05) is 29.2 Å². The second-order valence-electron chi connectivity index (χ2n) is 4.58. The number of fused-ring (bicyclic) bond motifs is 1. The smallest absolute Gasteiger partial charge is 0.205 e. The first-order valence-corrected chi connectivity index (χ1v) is 4.83. The van der Waals surface area contributed by atoms with Crippen molar-refractivity contribution in [3.8, 4) is 0 Å². The SMILES string of the molecule is CC(C)(C)N1c2ccccc2NC1O. The number of nitrogens with one attached hydrogen (secondary N) is 1. The molecule has 0 aromatic heterocycles. The zero-order valence-electron chi connectivity index (χ0n) is 8.78. The molecule has 1 aromatic rings. The molecule has 3 nitrogen and oxygen atoms in total. The normalized spacial score (nSPS) is 20.6. The lowest BCUT2D eigenvalue weighted by atomic mass is 10.1. The van der Waals surface area contributed by atoms with E-state index in [1.165, 1.54) is 0 Å². The topological polar surface area (TPSA) is 35.5 Å². The van der Waals surface area contributed by atoms with Crippen molar-refractivity contribution in [2.24, 2.45) is 0 Å². The lowest BCUT2D eigenvalue weighted by Gasteiger charge is -2.36. The van der Waals surface area contributed by atoms with Gasteiger partial charge in [0.15, 0.2) is 0 Å². The minimum Gasteiger partial charge on any atom is -0.356 e. The molecule has 0 saturated carbocycles. The van der Waals surface area contributed by atoms with Crippen molar-refractivity contribution >= 4 is 11.4 Å². The third kappa shape index (κ3) is 1.34. The number of aliphatic hydroxyl groups is 1. The Labute approximate surface area is 84.4 Å². The number of hydrogen-bond donors (Lipinski definition) is 2. The molecule has 1 aliphatic rings. The van der Waals surface area contributed by atoms with Gasteiger partial charge in [-0.15, -0.1) is 0 Å². The van der Waals surface area contributed by atoms with Crippen LogP contribution < -0.4 is 10.2 Å². The maximum Gasteiger partial charge on any atom is 0.205 e. The molecule has 14 heavy (non-hydrogen) atoms. The van der Waals surface area contributed by atoms with Crippen LogP contribution in [0.3, 0.4) is 0 Å². The van der Waals surface area contributed by atoms with E-state index in [0.717, 1.165) is 11.4 Å². The maximum atomic E-state index is 9.86. The number of para-hydroxylation sites is 2. The molecule has 0 aliphatic carbocycles. The molecule has 2 rings (SSSR count). The van der Waals surface area contributed by atoms with E-state index >= 15 is 0 Å². The largest absolute Gasteiger partial charge is 0.356 e. The summed E-state index contributed by atoms with van der Waals surface area (Å²) in [5, 5.41) is 12.9. The van der Waals surface area contributed by atoms with Gasteiger partial charge >= 0.3 is 0 Å². The highest BCUT2D eigenvalue weighted by atomic mass is 16.3. The molecule has 3 heteroatoms. The van der Waals surface area contributed by atoms with Gasteiger partial charge in [-0.05, 0) is 32.9 Å². The second-order valence-corrected chi connectivity index (χ2v) is 4.58. The van der Waals surface area contributed by atoms with Crippen LogP contribution in [-0.2, 0) is 0 Å². The molecule has 0 radical (unpaired) electrons. The van der Waals surface area contributed by atoms with Crippen molar-refractivity contribution in [3.63, 3.8) is 0 Å². The molecule has 1 heterocycles. The molecule has 0 amide bonds. The van der Waals surface area contributed by atoms with Crippen LogP contribution in [0.25, 0.3) is 0 Å². The predicted molar refractivity (Wildman–Crippen MR) is 58.3 cm³/mol. The Bertz CT molecular complexity index is 343. The Kier molecular flexibility index (Phi) is 1.93. The molecule has 0 spiro atoms. The second kappa shape index (κ2) is 2.89. The average molecular weight is 192 g/mol. The number of nitrogens with zero attached hydrogens (tertiary/aromatic N) is 1. The fourth-order valence-electron chi connectivity index (χ4n) is 1.87. The van der Waals surface area contributed by atoms with E-state index < -0.39 is 6.35 Å². The first-order valence-electron chi connectivity index (χ1n) is 4.83. The number of anilines is 2. The van der Waals surface area contributed by atoms with Crippen molar-refractivity contribution in [2.75, 3.05) is 10.2 Å². The van der Waals surface area contributed by atoms with Gasteiger partial charge in [-0.1, -0.05) is 12.1 Å². The summed E-state index contributed by atoms with van der Waals surface area (Å²) in [6.07, 6.45) is -0.618. The van der Waals surface area contributed by atoms with Crippen LogP contribution in [0.4, 0.5) is 11.4 Å². The van der Waals surface area contributed by atoms with Gasteiger partial charge in [-0.25, -0.2) is 0 Å². The summed E-state index contributed by atoms with van der Waals surface area (Å²) in [6, 6.07) is 7.94. The maximum absolute atomic E-state index is 9.86. The van der Waals surface area contributed by atoms with Crippen LogP contribution in [0.5, 0.6) is 0 Å². The highest BCUT2D eigenvalue weighted by Crippen LogP contribution is 2.37. The van der Waals surface area contributed by atoms with Crippen LogP contribution in [0, 0.1) is 0 Å². The highest BCUT2D eigenvalue weighted by molar-refractivity contribution is 5.76. The fraction of sp³-hybridized carbons (Fsp3) is 0.455. The Morgan fingerprint density at radius 2 is 1.93 bits per heavy atom. The van der Waals surface area contributed by atoms with E-state index in [-0.39, 0.29) is 5.54 Å². The van der Waals surface area contributed by atoms with E-state index in [0.29, 0.717) is 0 Å². The lowest BCUT2D eigenvalue weighted by molar-refractivity contribution is 0.179. The van der Waals surface area contributed by atoms with Crippen molar-refractivity contribution in [1.29, 1.82) is 0 Å². The summed E-state index contributed by atoms with van der Waals surface area (Å²) >= 11 is 0. The molecule has 76 valence electrons. The van der Waals surface area contributed by atoms with Gasteiger partial charge in [0.2, 0.25) is 6.35 Å². The Morgan fingerprint density at radius 3 is 2.57 bits per heavy atom. The first kappa shape index (κ1) is 9.34. The fourth-order valence-corrected chi connectivity index (χ4v) is 1.87. The quantitative estimate of drug-likeness (QED) is 0.660. The summed E-state index contributed by atoms with van der Waals surface area (Å²) < 4.78 is 0. The molecular formula is C11H16N2O. The monoisotopic (exact) mass is 192 g/mol. The van der Waals surface area contributed by atoms with Crippen LogP contribution in [-0.4, -0.2) is 17.0 Å². The van der Waals surface area contributed by atoms with Gasteiger partial charge in [0.25, 0.3) is 0 Å². The zero-order chi connectivity index (χ0) is 10.3. The van der Waals surface area contributed by atoms with Gasteiger partial charge in [0.05, 0.1) is 11.4 Å². The minimum atomic E-state index is -0.618. The Hall–Kier alpha value is -1.22. The summed E-state index contributed by atoms with van der Waals surface area (Å²) in [5.74, 6) is 0. The molecule has 1 atom stereocenters. The molecule has 2 N–H and O–H groups in total. The van der Waals surface area contributed by atoms with Crippen molar-refractivity contribution < 1.29 is 5.11 Å². The molecule has 1 aromatic carbocycles. The van der Waals surface area contributed by atoms with Gasteiger partial charge in [0.1, 0.15) is 0 Å². The lowest BCUT2D eigenvalue weighted by Crippen LogP contribution is -2.48. The predicted octanol–water partition coefficient (Wildman–Crippen LogP) is 1.99. The van der Waals surface area contributed by atoms with Crippen LogP contribution in [0.1, 0.15) is 20.8 Å². The van der Waals surface area contributed by atoms with Crippen molar-refractivity contribution in [1.82, 2.24) is 0 Å². The Morgan fingerprint density at radius 1 is 1.29 bits per heavy atom. The van der Waals surface area contributed by atoms with Gasteiger partial charge in [0, 0.05) is 5.54 Å². The van der Waals surface area contributed by atoms with Crippen LogP contribution in [0.2, 0.25) is 0 Å². The number of rotatable bonds is 0. The van der Waals surface area contributed by atoms with Crippen LogP contribution in [0.15, 0.2) is 24.3 Å². The molecule has 1 aliphatic heterocycles. The minimum absolute atomic E-state index is 0.0843. The van der Waals surface area contributed by atoms with Crippen molar-refractivity contribution in [3.05, 3.63) is 24.3 Å². The number of aliphatic hydroxyl groups excluding tert-OH is 1. The standard InChI is InChI=1S/C11H16N2O/c1-11(2,3)13-9-7-5-4-6-8(9)12-10(13)14/h4-7,10,12,14H,1-3H3. The first-order chi connectivity index (χ1) is 6.50. The summed E-state index contributed by atoms with van der Waals surface area (Å²) in [4.78, 5) is 1.97. The van der Waals surface area contributed by atoms with Crippen LogP contribution >= 0.6 is 0 Å². The summed E-state index contributed by atoms with van der Waals surface area (Å²) in [5.41, 5.74) is 1.97. The average Bonchev–Trinajstić information content (AvgIpc) is 2.38. The van der Waals surface area contributed by atoms with Gasteiger partial charge in [-0.3, -0.25) is 0 Å². The molecule has 0 bridgehead atoms. The molecular weight excluding hydrogens is 176 g/mol.